The molecule has 2 rings (SSSR count). The summed E-state index contributed by atoms with van der Waals surface area (Å²) in [5, 5.41) is 2.89. The molecular formula is C7H11ClF3N. The first-order valence-corrected chi connectivity index (χ1v) is 3.91. The summed E-state index contributed by atoms with van der Waals surface area (Å²) < 4.78 is 36.3. The molecule has 12 heavy (non-hydrogen) atoms. The second-order valence-electron chi connectivity index (χ2n) is 3.35. The van der Waals surface area contributed by atoms with Crippen molar-refractivity contribution in [3.8, 4) is 0 Å². The van der Waals surface area contributed by atoms with E-state index in [1.807, 2.05) is 0 Å². The maximum atomic E-state index is 12.1. The molecule has 5 heteroatoms. The molecule has 3 atom stereocenters. The molecule has 0 unspecified atom stereocenters. The molecule has 1 nitrogen and oxygen atoms in total. The minimum atomic E-state index is -3.97. The molecule has 1 aliphatic heterocycles. The summed E-state index contributed by atoms with van der Waals surface area (Å²) in [5.41, 5.74) is 0. The van der Waals surface area contributed by atoms with Crippen LogP contribution in [0.4, 0.5) is 13.2 Å². The third-order valence-corrected chi connectivity index (χ3v) is 2.64. The van der Waals surface area contributed by atoms with Crippen molar-refractivity contribution in [3.05, 3.63) is 0 Å². The van der Waals surface area contributed by atoms with E-state index in [1.165, 1.54) is 0 Å². The SMILES string of the molecule is Cl.FC(F)(F)[C@H]1[C@@H]2CCCN[C@@H]21. The zero-order valence-electron chi connectivity index (χ0n) is 6.40. The molecule has 2 fully saturated rings. The zero-order valence-corrected chi connectivity index (χ0v) is 7.21. The Balaban J connectivity index is 0.000000720. The Morgan fingerprint density at radius 3 is 2.33 bits per heavy atom. The summed E-state index contributed by atoms with van der Waals surface area (Å²) in [6.07, 6.45) is -2.32. The summed E-state index contributed by atoms with van der Waals surface area (Å²) in [6, 6.07) is -0.247. The first-order chi connectivity index (χ1) is 5.11. The maximum absolute atomic E-state index is 12.1. The number of fused-ring (bicyclic) bond motifs is 1. The number of hydrogen-bond donors (Lipinski definition) is 1. The van der Waals surface area contributed by atoms with Crippen molar-refractivity contribution in [2.75, 3.05) is 6.54 Å². The van der Waals surface area contributed by atoms with Gasteiger partial charge in [-0.25, -0.2) is 0 Å². The third-order valence-electron chi connectivity index (χ3n) is 2.64. The fraction of sp³-hybridized carbons (Fsp3) is 1.00. The standard InChI is InChI=1S/C7H10F3N.ClH/c8-7(9,10)5-4-2-1-3-11-6(4)5;/h4-6,11H,1-3H2;1H/t4-,5-,6-;/m0./s1. The molecule has 0 aromatic carbocycles. The second kappa shape index (κ2) is 3.07. The van der Waals surface area contributed by atoms with Crippen molar-refractivity contribution in [2.24, 2.45) is 11.8 Å². The Hall–Kier alpha value is 0.0400. The summed E-state index contributed by atoms with van der Waals surface area (Å²) in [7, 11) is 0. The molecule has 1 N–H and O–H groups in total. The van der Waals surface area contributed by atoms with E-state index in [2.05, 4.69) is 5.32 Å². The Morgan fingerprint density at radius 1 is 1.25 bits per heavy atom. The maximum Gasteiger partial charge on any atom is 0.393 e. The lowest BCUT2D eigenvalue weighted by molar-refractivity contribution is -0.152. The van der Waals surface area contributed by atoms with E-state index in [1.54, 1.807) is 0 Å². The lowest BCUT2D eigenvalue weighted by Crippen LogP contribution is -2.26. The van der Waals surface area contributed by atoms with Crippen LogP contribution in [0.15, 0.2) is 0 Å². The van der Waals surface area contributed by atoms with Crippen LogP contribution in [0, 0.1) is 11.8 Å². The van der Waals surface area contributed by atoms with Gasteiger partial charge in [-0.15, -0.1) is 12.4 Å². The van der Waals surface area contributed by atoms with Gasteiger partial charge < -0.3 is 5.32 Å². The average molecular weight is 202 g/mol. The number of nitrogens with one attached hydrogen (secondary N) is 1. The lowest BCUT2D eigenvalue weighted by Gasteiger charge is -2.07. The first-order valence-electron chi connectivity index (χ1n) is 3.91. The van der Waals surface area contributed by atoms with Crippen LogP contribution in [-0.4, -0.2) is 18.8 Å². The van der Waals surface area contributed by atoms with Crippen LogP contribution in [0.25, 0.3) is 0 Å². The fourth-order valence-electron chi connectivity index (χ4n) is 2.06. The van der Waals surface area contributed by atoms with Crippen LogP contribution in [0.5, 0.6) is 0 Å². The lowest BCUT2D eigenvalue weighted by atomic mass is 10.1. The van der Waals surface area contributed by atoms with Crippen LogP contribution in [-0.2, 0) is 0 Å². The van der Waals surface area contributed by atoms with Gasteiger partial charge in [-0.3, -0.25) is 0 Å². The van der Waals surface area contributed by atoms with Crippen LogP contribution in [0.2, 0.25) is 0 Å². The van der Waals surface area contributed by atoms with Crippen LogP contribution in [0.1, 0.15) is 12.8 Å². The summed E-state index contributed by atoms with van der Waals surface area (Å²) in [6.45, 7) is 0.758. The number of alkyl halides is 3. The van der Waals surface area contributed by atoms with Gasteiger partial charge in [0.1, 0.15) is 0 Å². The second-order valence-corrected chi connectivity index (χ2v) is 3.35. The highest BCUT2D eigenvalue weighted by atomic mass is 35.5. The van der Waals surface area contributed by atoms with Crippen molar-refractivity contribution < 1.29 is 13.2 Å². The van der Waals surface area contributed by atoms with Crippen molar-refractivity contribution >= 4 is 12.4 Å². The molecule has 1 saturated heterocycles. The molecule has 0 radical (unpaired) electrons. The minimum absolute atomic E-state index is 0. The van der Waals surface area contributed by atoms with Gasteiger partial charge in [-0.2, -0.15) is 13.2 Å². The third kappa shape index (κ3) is 1.55. The monoisotopic (exact) mass is 201 g/mol. The summed E-state index contributed by atoms with van der Waals surface area (Å²) in [5.74, 6) is -1.14. The predicted molar refractivity (Wildman–Crippen MR) is 41.3 cm³/mol. The molecule has 0 aromatic heterocycles. The molecule has 1 heterocycles. The van der Waals surface area contributed by atoms with Crippen molar-refractivity contribution in [1.82, 2.24) is 5.32 Å². The van der Waals surface area contributed by atoms with Gasteiger partial charge in [0.2, 0.25) is 0 Å². The Labute approximate surface area is 75.1 Å². The van der Waals surface area contributed by atoms with Gasteiger partial charge >= 0.3 is 6.18 Å². The topological polar surface area (TPSA) is 12.0 Å². The molecule has 0 amide bonds. The van der Waals surface area contributed by atoms with Crippen molar-refractivity contribution in [3.63, 3.8) is 0 Å². The van der Waals surface area contributed by atoms with Crippen LogP contribution in [0.3, 0.4) is 0 Å². The first kappa shape index (κ1) is 10.1. The Kier molecular flexibility index (Phi) is 2.59. The van der Waals surface area contributed by atoms with Gasteiger partial charge in [0.05, 0.1) is 5.92 Å². The molecule has 1 aliphatic carbocycles. The Bertz CT molecular complexity index is 159. The molecule has 2 aliphatic rings. The number of piperidine rings is 1. The van der Waals surface area contributed by atoms with E-state index in [-0.39, 0.29) is 24.4 Å². The zero-order chi connectivity index (χ0) is 8.06. The number of rotatable bonds is 0. The van der Waals surface area contributed by atoms with E-state index in [0.717, 1.165) is 19.4 Å². The van der Waals surface area contributed by atoms with Gasteiger partial charge in [-0.05, 0) is 25.3 Å². The number of hydrogen-bond acceptors (Lipinski definition) is 1. The van der Waals surface area contributed by atoms with Gasteiger partial charge in [0, 0.05) is 6.04 Å². The van der Waals surface area contributed by atoms with Gasteiger partial charge in [0.25, 0.3) is 0 Å². The summed E-state index contributed by atoms with van der Waals surface area (Å²) in [4.78, 5) is 0. The summed E-state index contributed by atoms with van der Waals surface area (Å²) >= 11 is 0. The van der Waals surface area contributed by atoms with E-state index in [9.17, 15) is 13.2 Å². The number of halogens is 4. The predicted octanol–water partition coefficient (Wildman–Crippen LogP) is 1.97. The van der Waals surface area contributed by atoms with E-state index < -0.39 is 12.1 Å². The molecule has 0 spiro atoms. The smallest absolute Gasteiger partial charge is 0.313 e. The van der Waals surface area contributed by atoms with E-state index >= 15 is 0 Å². The van der Waals surface area contributed by atoms with Gasteiger partial charge in [-0.1, -0.05) is 0 Å². The highest BCUT2D eigenvalue weighted by molar-refractivity contribution is 5.85. The highest BCUT2D eigenvalue weighted by Gasteiger charge is 2.64. The van der Waals surface area contributed by atoms with E-state index in [0.29, 0.717) is 0 Å². The quantitative estimate of drug-likeness (QED) is 0.632. The fourth-order valence-corrected chi connectivity index (χ4v) is 2.06. The average Bonchev–Trinajstić information content (AvgIpc) is 2.58. The van der Waals surface area contributed by atoms with Crippen molar-refractivity contribution in [1.29, 1.82) is 0 Å². The van der Waals surface area contributed by atoms with Crippen LogP contribution < -0.4 is 5.32 Å². The largest absolute Gasteiger partial charge is 0.393 e. The van der Waals surface area contributed by atoms with Gasteiger partial charge in [0.15, 0.2) is 0 Å². The van der Waals surface area contributed by atoms with Crippen molar-refractivity contribution in [2.45, 2.75) is 25.1 Å². The van der Waals surface area contributed by atoms with Crippen LogP contribution >= 0.6 is 12.4 Å². The highest BCUT2D eigenvalue weighted by Crippen LogP contribution is 2.53. The molecule has 1 saturated carbocycles. The normalized spacial score (nSPS) is 39.8. The molecular weight excluding hydrogens is 191 g/mol. The minimum Gasteiger partial charge on any atom is -0.313 e. The molecule has 0 aromatic rings. The molecule has 72 valence electrons. The molecule has 0 bridgehead atoms. The Morgan fingerprint density at radius 2 is 1.92 bits per heavy atom. The van der Waals surface area contributed by atoms with E-state index in [4.69, 9.17) is 0 Å².